The molecule has 0 saturated heterocycles. The third-order valence-electron chi connectivity index (χ3n) is 3.24. The van der Waals surface area contributed by atoms with E-state index in [9.17, 15) is 10.1 Å². The van der Waals surface area contributed by atoms with Crippen LogP contribution in [0.4, 0.5) is 5.69 Å². The van der Waals surface area contributed by atoms with Crippen LogP contribution in [0.2, 0.25) is 5.02 Å². The van der Waals surface area contributed by atoms with E-state index in [0.29, 0.717) is 22.3 Å². The summed E-state index contributed by atoms with van der Waals surface area (Å²) in [6.45, 7) is 0.333. The van der Waals surface area contributed by atoms with Gasteiger partial charge in [0.05, 0.1) is 23.1 Å². The van der Waals surface area contributed by atoms with E-state index < -0.39 is 4.92 Å². The molecule has 0 spiro atoms. The van der Waals surface area contributed by atoms with E-state index >= 15 is 0 Å². The Bertz CT molecular complexity index is 764. The van der Waals surface area contributed by atoms with E-state index in [-0.39, 0.29) is 24.8 Å². The molecule has 0 atom stereocenters. The Hall–Kier alpha value is -2.67. The molecule has 0 bridgehead atoms. The lowest BCUT2D eigenvalue weighted by atomic mass is 10.2. The highest BCUT2D eigenvalue weighted by Gasteiger charge is 2.19. The topological polar surface area (TPSA) is 80.1 Å². The minimum atomic E-state index is -0.496. The van der Waals surface area contributed by atoms with Crippen molar-refractivity contribution in [2.75, 3.05) is 13.9 Å². The third kappa shape index (κ3) is 3.09. The molecule has 2 aromatic rings. The highest BCUT2D eigenvalue weighted by Crippen LogP contribution is 2.40. The summed E-state index contributed by atoms with van der Waals surface area (Å²) in [5.41, 5.74) is 0.708. The van der Waals surface area contributed by atoms with E-state index in [1.54, 1.807) is 12.1 Å². The molecule has 0 fully saturated rings. The van der Waals surface area contributed by atoms with Crippen molar-refractivity contribution in [3.63, 3.8) is 0 Å². The fourth-order valence-corrected chi connectivity index (χ4v) is 2.44. The summed E-state index contributed by atoms with van der Waals surface area (Å²) < 4.78 is 21.3. The molecule has 0 N–H and O–H groups in total. The van der Waals surface area contributed by atoms with Gasteiger partial charge in [0.15, 0.2) is 23.0 Å². The van der Waals surface area contributed by atoms with Crippen molar-refractivity contribution in [3.8, 4) is 23.0 Å². The average molecular weight is 338 g/mol. The van der Waals surface area contributed by atoms with Crippen molar-refractivity contribution < 1.29 is 23.9 Å². The number of benzene rings is 2. The van der Waals surface area contributed by atoms with Crippen LogP contribution in [-0.4, -0.2) is 18.8 Å². The van der Waals surface area contributed by atoms with Gasteiger partial charge in [-0.05, 0) is 23.8 Å². The molecule has 0 unspecified atom stereocenters. The predicted molar refractivity (Wildman–Crippen MR) is 81.6 cm³/mol. The number of nitrogens with zero attached hydrogens (tertiary/aromatic N) is 1. The van der Waals surface area contributed by atoms with E-state index in [1.165, 1.54) is 25.3 Å². The van der Waals surface area contributed by atoms with Gasteiger partial charge in [0.25, 0.3) is 5.69 Å². The molecule has 1 aliphatic heterocycles. The lowest BCUT2D eigenvalue weighted by Gasteiger charge is -2.11. The normalized spacial score (nSPS) is 12.1. The fourth-order valence-electron chi connectivity index (χ4n) is 2.15. The quantitative estimate of drug-likeness (QED) is 0.613. The molecule has 120 valence electrons. The Kier molecular flexibility index (Phi) is 4.12. The maximum Gasteiger partial charge on any atom is 0.273 e. The summed E-state index contributed by atoms with van der Waals surface area (Å²) in [5.74, 6) is 1.76. The van der Waals surface area contributed by atoms with Gasteiger partial charge in [-0.15, -0.1) is 0 Å². The molecule has 1 heterocycles. The van der Waals surface area contributed by atoms with Crippen LogP contribution in [0, 0.1) is 10.1 Å². The maximum absolute atomic E-state index is 10.8. The molecule has 0 radical (unpaired) electrons. The molecule has 23 heavy (non-hydrogen) atoms. The number of ether oxygens (including phenoxy) is 4. The first-order valence-electron chi connectivity index (χ1n) is 6.61. The lowest BCUT2D eigenvalue weighted by Crippen LogP contribution is -1.99. The first-order chi connectivity index (χ1) is 11.1. The molecule has 3 rings (SSSR count). The van der Waals surface area contributed by atoms with E-state index in [2.05, 4.69) is 0 Å². The molecule has 8 heteroatoms. The van der Waals surface area contributed by atoms with Crippen molar-refractivity contribution in [1.82, 2.24) is 0 Å². The minimum Gasteiger partial charge on any atom is -0.493 e. The number of fused-ring (bicyclic) bond motifs is 1. The first kappa shape index (κ1) is 15.2. The van der Waals surface area contributed by atoms with Crippen molar-refractivity contribution in [2.45, 2.75) is 6.61 Å². The largest absolute Gasteiger partial charge is 0.493 e. The third-order valence-corrected chi connectivity index (χ3v) is 3.52. The minimum absolute atomic E-state index is 0.0691. The van der Waals surface area contributed by atoms with E-state index in [4.69, 9.17) is 30.5 Å². The maximum atomic E-state index is 10.8. The molecule has 0 aromatic heterocycles. The Morgan fingerprint density at radius 1 is 1.26 bits per heavy atom. The monoisotopic (exact) mass is 337 g/mol. The number of nitro benzene ring substituents is 1. The van der Waals surface area contributed by atoms with Gasteiger partial charge >= 0.3 is 0 Å². The van der Waals surface area contributed by atoms with Gasteiger partial charge in [-0.2, -0.15) is 0 Å². The molecule has 1 aliphatic rings. The molecule has 0 saturated carbocycles. The van der Waals surface area contributed by atoms with Gasteiger partial charge in [0, 0.05) is 6.07 Å². The predicted octanol–water partition coefficient (Wildman–Crippen LogP) is 3.56. The smallest absolute Gasteiger partial charge is 0.273 e. The standard InChI is InChI=1S/C15H12ClNO6/c1-20-13-6-10(17(18)19)2-3-12(13)21-7-9-4-11(16)15-14(5-9)22-8-23-15/h2-6H,7-8H2,1H3. The van der Waals surface area contributed by atoms with Crippen LogP contribution in [0.3, 0.4) is 0 Å². The Labute approximate surface area is 136 Å². The second-order valence-electron chi connectivity index (χ2n) is 4.69. The molecule has 2 aromatic carbocycles. The average Bonchev–Trinajstić information content (AvgIpc) is 3.01. The van der Waals surface area contributed by atoms with Crippen LogP contribution in [0.25, 0.3) is 0 Å². The van der Waals surface area contributed by atoms with Gasteiger partial charge < -0.3 is 18.9 Å². The second-order valence-corrected chi connectivity index (χ2v) is 5.10. The summed E-state index contributed by atoms with van der Waals surface area (Å²) in [7, 11) is 1.42. The van der Waals surface area contributed by atoms with E-state index in [1.807, 2.05) is 0 Å². The SMILES string of the molecule is COc1cc([N+](=O)[O-])ccc1OCc1cc(Cl)c2c(c1)OCO2. The highest BCUT2D eigenvalue weighted by molar-refractivity contribution is 6.32. The molecule has 0 amide bonds. The summed E-state index contributed by atoms with van der Waals surface area (Å²) in [6, 6.07) is 7.64. The van der Waals surface area contributed by atoms with Crippen LogP contribution in [0.1, 0.15) is 5.56 Å². The van der Waals surface area contributed by atoms with Crippen molar-refractivity contribution in [1.29, 1.82) is 0 Å². The Balaban J connectivity index is 1.78. The van der Waals surface area contributed by atoms with E-state index in [0.717, 1.165) is 5.56 Å². The van der Waals surface area contributed by atoms with Crippen molar-refractivity contribution >= 4 is 17.3 Å². The number of rotatable bonds is 5. The zero-order valence-corrected chi connectivity index (χ0v) is 12.8. The van der Waals surface area contributed by atoms with Gasteiger partial charge in [-0.3, -0.25) is 10.1 Å². The van der Waals surface area contributed by atoms with Crippen LogP contribution < -0.4 is 18.9 Å². The summed E-state index contributed by atoms with van der Waals surface area (Å²) in [4.78, 5) is 10.3. The summed E-state index contributed by atoms with van der Waals surface area (Å²) in [5, 5.41) is 11.2. The van der Waals surface area contributed by atoms with Crippen molar-refractivity contribution in [2.24, 2.45) is 0 Å². The molecule has 0 aliphatic carbocycles. The van der Waals surface area contributed by atoms with Gasteiger partial charge in [-0.25, -0.2) is 0 Å². The van der Waals surface area contributed by atoms with Gasteiger partial charge in [0.2, 0.25) is 6.79 Å². The molecule has 7 nitrogen and oxygen atoms in total. The number of hydrogen-bond donors (Lipinski definition) is 0. The zero-order chi connectivity index (χ0) is 16.4. The van der Waals surface area contributed by atoms with Gasteiger partial charge in [-0.1, -0.05) is 11.6 Å². The number of halogens is 1. The number of hydrogen-bond acceptors (Lipinski definition) is 6. The fraction of sp³-hybridized carbons (Fsp3) is 0.200. The molecular weight excluding hydrogens is 326 g/mol. The van der Waals surface area contributed by atoms with Crippen LogP contribution in [0.15, 0.2) is 30.3 Å². The summed E-state index contributed by atoms with van der Waals surface area (Å²) in [6.07, 6.45) is 0. The zero-order valence-electron chi connectivity index (χ0n) is 12.1. The van der Waals surface area contributed by atoms with Crippen LogP contribution >= 0.6 is 11.6 Å². The van der Waals surface area contributed by atoms with Gasteiger partial charge in [0.1, 0.15) is 6.61 Å². The molecular formula is C15H12ClNO6. The van der Waals surface area contributed by atoms with Crippen LogP contribution in [0.5, 0.6) is 23.0 Å². The second kappa shape index (κ2) is 6.21. The van der Waals surface area contributed by atoms with Crippen LogP contribution in [-0.2, 0) is 6.61 Å². The highest BCUT2D eigenvalue weighted by atomic mass is 35.5. The Morgan fingerprint density at radius 3 is 2.83 bits per heavy atom. The lowest BCUT2D eigenvalue weighted by molar-refractivity contribution is -0.385. The Morgan fingerprint density at radius 2 is 2.09 bits per heavy atom. The number of nitro groups is 1. The summed E-state index contributed by atoms with van der Waals surface area (Å²) >= 11 is 6.11. The number of methoxy groups -OCH3 is 1. The van der Waals surface area contributed by atoms with Crippen molar-refractivity contribution in [3.05, 3.63) is 51.0 Å². The number of non-ortho nitro benzene ring substituents is 1. The first-order valence-corrected chi connectivity index (χ1v) is 6.99.